The lowest BCUT2D eigenvalue weighted by molar-refractivity contribution is -0.122. The van der Waals surface area contributed by atoms with Gasteiger partial charge >= 0.3 is 6.03 Å². The third kappa shape index (κ3) is 3.86. The second kappa shape index (κ2) is 8.20. The summed E-state index contributed by atoms with van der Waals surface area (Å²) in [5.41, 5.74) is 3.54. The van der Waals surface area contributed by atoms with Crippen LogP contribution in [0, 0.1) is 0 Å². The fourth-order valence-electron chi connectivity index (χ4n) is 4.85. The molecule has 7 heteroatoms. The van der Waals surface area contributed by atoms with Crippen molar-refractivity contribution in [1.29, 1.82) is 0 Å². The molecule has 0 spiro atoms. The van der Waals surface area contributed by atoms with Gasteiger partial charge in [0.25, 0.3) is 11.8 Å². The Kier molecular flexibility index (Phi) is 5.71. The highest BCUT2D eigenvalue weighted by atomic mass is 79.9. The molecule has 32 heavy (non-hydrogen) atoms. The summed E-state index contributed by atoms with van der Waals surface area (Å²) in [6.07, 6.45) is 2.58. The number of nitrogens with one attached hydrogen (secondary N) is 1. The van der Waals surface area contributed by atoms with Crippen molar-refractivity contribution < 1.29 is 14.4 Å². The second-order valence-corrected chi connectivity index (χ2v) is 9.83. The van der Waals surface area contributed by atoms with E-state index < -0.39 is 17.8 Å². The summed E-state index contributed by atoms with van der Waals surface area (Å²) in [6.45, 7) is 9.76. The molecule has 2 aromatic rings. The molecule has 1 fully saturated rings. The lowest BCUT2D eigenvalue weighted by atomic mass is 9.79. The predicted octanol–water partition coefficient (Wildman–Crippen LogP) is 5.23. The molecule has 6 nitrogen and oxygen atoms in total. The number of barbiturate groups is 1. The van der Waals surface area contributed by atoms with E-state index in [-0.39, 0.29) is 11.1 Å². The van der Waals surface area contributed by atoms with Crippen LogP contribution < -0.4 is 15.1 Å². The van der Waals surface area contributed by atoms with E-state index in [1.807, 2.05) is 12.1 Å². The van der Waals surface area contributed by atoms with Crippen LogP contribution in [-0.2, 0) is 9.59 Å². The fraction of sp³-hybridized carbons (Fsp3) is 0.320. The zero-order valence-electron chi connectivity index (χ0n) is 18.6. The number of amides is 4. The van der Waals surface area contributed by atoms with Gasteiger partial charge in [-0.25, -0.2) is 9.69 Å². The molecule has 2 aliphatic heterocycles. The summed E-state index contributed by atoms with van der Waals surface area (Å²) < 4.78 is 0.824. The van der Waals surface area contributed by atoms with E-state index in [1.54, 1.807) is 30.3 Å². The maximum Gasteiger partial charge on any atom is 0.335 e. The molecule has 4 amide bonds. The molecular weight excluding hydrogens is 470 g/mol. The van der Waals surface area contributed by atoms with E-state index in [4.69, 9.17) is 0 Å². The Hall–Kier alpha value is -2.93. The number of anilines is 2. The third-order valence-electron chi connectivity index (χ3n) is 6.22. The van der Waals surface area contributed by atoms with Gasteiger partial charge in [0, 0.05) is 22.2 Å². The van der Waals surface area contributed by atoms with Gasteiger partial charge < -0.3 is 4.90 Å². The van der Waals surface area contributed by atoms with Crippen molar-refractivity contribution in [3.8, 4) is 0 Å². The quantitative estimate of drug-likeness (QED) is 0.467. The smallest absolute Gasteiger partial charge is 0.335 e. The van der Waals surface area contributed by atoms with E-state index in [1.165, 1.54) is 11.3 Å². The first-order chi connectivity index (χ1) is 15.1. The van der Waals surface area contributed by atoms with Crippen molar-refractivity contribution in [2.75, 3.05) is 16.3 Å². The van der Waals surface area contributed by atoms with Gasteiger partial charge in [-0.1, -0.05) is 28.9 Å². The highest BCUT2D eigenvalue weighted by molar-refractivity contribution is 9.10. The molecular formula is C25H26BrN3O3. The number of urea groups is 1. The molecule has 4 rings (SSSR count). The number of hydrogen-bond donors (Lipinski definition) is 1. The Morgan fingerprint density at radius 2 is 1.81 bits per heavy atom. The molecule has 1 atom stereocenters. The molecule has 0 aliphatic carbocycles. The minimum Gasteiger partial charge on any atom is -0.366 e. The van der Waals surface area contributed by atoms with E-state index in [2.05, 4.69) is 59.9 Å². The van der Waals surface area contributed by atoms with Crippen LogP contribution in [0.15, 0.2) is 52.5 Å². The Balaban J connectivity index is 1.72. The summed E-state index contributed by atoms with van der Waals surface area (Å²) in [5.74, 6) is -0.975. The first kappa shape index (κ1) is 22.3. The summed E-state index contributed by atoms with van der Waals surface area (Å²) in [7, 11) is 0. The summed E-state index contributed by atoms with van der Waals surface area (Å²) in [5, 5.41) is 2.28. The van der Waals surface area contributed by atoms with Crippen LogP contribution >= 0.6 is 15.9 Å². The van der Waals surface area contributed by atoms with Gasteiger partial charge in [0.05, 0.1) is 5.69 Å². The second-order valence-electron chi connectivity index (χ2n) is 8.91. The van der Waals surface area contributed by atoms with E-state index in [0.717, 1.165) is 27.9 Å². The van der Waals surface area contributed by atoms with Crippen molar-refractivity contribution in [1.82, 2.24) is 5.32 Å². The van der Waals surface area contributed by atoms with Crippen molar-refractivity contribution in [2.45, 2.75) is 45.6 Å². The van der Waals surface area contributed by atoms with Gasteiger partial charge in [0.2, 0.25) is 0 Å². The molecule has 0 radical (unpaired) electrons. The zero-order valence-corrected chi connectivity index (χ0v) is 20.2. The van der Waals surface area contributed by atoms with Crippen molar-refractivity contribution in [3.05, 3.63) is 63.6 Å². The van der Waals surface area contributed by atoms with Gasteiger partial charge in [-0.15, -0.1) is 0 Å². The topological polar surface area (TPSA) is 69.7 Å². The van der Waals surface area contributed by atoms with Crippen LogP contribution in [0.2, 0.25) is 0 Å². The van der Waals surface area contributed by atoms with Crippen molar-refractivity contribution >= 4 is 51.2 Å². The Bertz CT molecular complexity index is 1140. The number of carbonyl (C=O) groups is 3. The van der Waals surface area contributed by atoms with E-state index >= 15 is 0 Å². The minimum absolute atomic E-state index is 0.0614. The molecule has 0 aromatic heterocycles. The van der Waals surface area contributed by atoms with Crippen molar-refractivity contribution in [2.24, 2.45) is 0 Å². The third-order valence-corrected chi connectivity index (χ3v) is 6.75. The molecule has 1 saturated heterocycles. The van der Waals surface area contributed by atoms with E-state index in [0.29, 0.717) is 11.6 Å². The molecule has 2 heterocycles. The first-order valence-corrected chi connectivity index (χ1v) is 11.5. The molecule has 1 N–H and O–H groups in total. The average molecular weight is 496 g/mol. The zero-order chi connectivity index (χ0) is 23.2. The largest absolute Gasteiger partial charge is 0.366 e. The van der Waals surface area contributed by atoms with Crippen LogP contribution in [0.1, 0.15) is 51.2 Å². The number of benzene rings is 2. The highest BCUT2D eigenvalue weighted by Crippen LogP contribution is 2.43. The van der Waals surface area contributed by atoms with Gasteiger partial charge in [-0.05, 0) is 86.7 Å². The number of halogens is 1. The van der Waals surface area contributed by atoms with Crippen LogP contribution in [0.25, 0.3) is 6.08 Å². The monoisotopic (exact) mass is 495 g/mol. The molecule has 2 aliphatic rings. The van der Waals surface area contributed by atoms with Crippen LogP contribution in [0.5, 0.6) is 0 Å². The predicted molar refractivity (Wildman–Crippen MR) is 130 cm³/mol. The molecule has 2 aromatic carbocycles. The van der Waals surface area contributed by atoms with Crippen LogP contribution in [0.3, 0.4) is 0 Å². The fourth-order valence-corrected chi connectivity index (χ4v) is 5.11. The lowest BCUT2D eigenvalue weighted by Gasteiger charge is -2.47. The summed E-state index contributed by atoms with van der Waals surface area (Å²) >= 11 is 3.34. The maximum absolute atomic E-state index is 13.1. The van der Waals surface area contributed by atoms with Crippen LogP contribution in [-0.4, -0.2) is 29.9 Å². The minimum atomic E-state index is -0.751. The number of hydrogen-bond acceptors (Lipinski definition) is 4. The van der Waals surface area contributed by atoms with Gasteiger partial charge in [0.1, 0.15) is 5.57 Å². The SMILES string of the molecule is CCN1c2ccc(/C=C3\C(=O)NC(=O)N(c4ccc(Br)cc4)C3=O)cc2C(C)CC1(C)C. The highest BCUT2D eigenvalue weighted by Gasteiger charge is 2.38. The number of fused-ring (bicyclic) bond motifs is 1. The normalized spacial score (nSPS) is 21.6. The van der Waals surface area contributed by atoms with E-state index in [9.17, 15) is 14.4 Å². The van der Waals surface area contributed by atoms with Crippen molar-refractivity contribution in [3.63, 3.8) is 0 Å². The maximum atomic E-state index is 13.1. The number of rotatable bonds is 3. The Morgan fingerprint density at radius 1 is 1.12 bits per heavy atom. The average Bonchev–Trinajstić information content (AvgIpc) is 2.72. The Labute approximate surface area is 196 Å². The van der Waals surface area contributed by atoms with Gasteiger partial charge in [0.15, 0.2) is 0 Å². The number of imide groups is 2. The summed E-state index contributed by atoms with van der Waals surface area (Å²) in [6, 6.07) is 12.1. The number of carbonyl (C=O) groups excluding carboxylic acids is 3. The molecule has 0 saturated carbocycles. The van der Waals surface area contributed by atoms with Crippen LogP contribution in [0.4, 0.5) is 16.2 Å². The van der Waals surface area contributed by atoms with Gasteiger partial charge in [-0.3, -0.25) is 14.9 Å². The standard InChI is InChI=1S/C25H26BrN3O3/c1-5-28-21-11-6-16(12-19(21)15(2)14-25(28,3)4)13-20-22(30)27-24(32)29(23(20)31)18-9-7-17(26)8-10-18/h6-13,15H,5,14H2,1-4H3,(H,27,30,32)/b20-13+. The molecule has 166 valence electrons. The van der Waals surface area contributed by atoms with Gasteiger partial charge in [-0.2, -0.15) is 0 Å². The first-order valence-electron chi connectivity index (χ1n) is 10.7. The Morgan fingerprint density at radius 3 is 2.47 bits per heavy atom. The molecule has 0 bridgehead atoms. The lowest BCUT2D eigenvalue weighted by Crippen LogP contribution is -2.54. The molecule has 1 unspecified atom stereocenters. The summed E-state index contributed by atoms with van der Waals surface area (Å²) in [4.78, 5) is 41.4. The number of nitrogens with zero attached hydrogens (tertiary/aromatic N) is 2.